The van der Waals surface area contributed by atoms with Gasteiger partial charge >= 0.3 is 5.97 Å². The third kappa shape index (κ3) is 4.01. The molecular formula is C23H26N2O3S2. The van der Waals surface area contributed by atoms with E-state index in [4.69, 9.17) is 4.74 Å². The van der Waals surface area contributed by atoms with Crippen LogP contribution in [0.2, 0.25) is 0 Å². The number of anilines is 1. The second-order valence-electron chi connectivity index (χ2n) is 7.51. The highest BCUT2D eigenvalue weighted by Gasteiger charge is 2.28. The minimum Gasteiger partial charge on any atom is -0.462 e. The number of fused-ring (bicyclic) bond motifs is 2. The third-order valence-electron chi connectivity index (χ3n) is 5.42. The smallest absolute Gasteiger partial charge is 0.341 e. The highest BCUT2D eigenvalue weighted by Crippen LogP contribution is 2.39. The molecule has 1 aliphatic rings. The molecular weight excluding hydrogens is 416 g/mol. The second kappa shape index (κ2) is 8.86. The molecule has 1 aromatic carbocycles. The first-order valence-corrected chi connectivity index (χ1v) is 12.0. The lowest BCUT2D eigenvalue weighted by molar-refractivity contribution is -0.115. The molecule has 2 heterocycles. The number of para-hydroxylation sites is 1. The molecule has 0 fully saturated rings. The van der Waals surface area contributed by atoms with Gasteiger partial charge in [0.15, 0.2) is 0 Å². The Morgan fingerprint density at radius 1 is 1.27 bits per heavy atom. The summed E-state index contributed by atoms with van der Waals surface area (Å²) in [5.41, 5.74) is 2.77. The average molecular weight is 443 g/mol. The Kier molecular flexibility index (Phi) is 6.20. The predicted molar refractivity (Wildman–Crippen MR) is 124 cm³/mol. The van der Waals surface area contributed by atoms with Crippen LogP contribution >= 0.6 is 23.1 Å². The Hall–Kier alpha value is -2.25. The number of nitrogens with zero attached hydrogens (tertiary/aromatic N) is 1. The molecule has 3 aromatic rings. The van der Waals surface area contributed by atoms with Crippen LogP contribution in [0.3, 0.4) is 0 Å². The fourth-order valence-electron chi connectivity index (χ4n) is 3.93. The van der Waals surface area contributed by atoms with Gasteiger partial charge in [-0.05, 0) is 51.2 Å². The van der Waals surface area contributed by atoms with E-state index in [0.29, 0.717) is 17.2 Å². The Balaban J connectivity index is 1.56. The maximum absolute atomic E-state index is 13.0. The number of nitrogens with one attached hydrogen (secondary N) is 1. The highest BCUT2D eigenvalue weighted by molar-refractivity contribution is 8.00. The van der Waals surface area contributed by atoms with Gasteiger partial charge in [0.05, 0.1) is 17.4 Å². The van der Waals surface area contributed by atoms with E-state index in [-0.39, 0.29) is 17.1 Å². The lowest BCUT2D eigenvalue weighted by Gasteiger charge is -2.13. The molecule has 1 atom stereocenters. The maximum atomic E-state index is 13.0. The van der Waals surface area contributed by atoms with E-state index in [2.05, 4.69) is 28.2 Å². The number of hydrogen-bond donors (Lipinski definition) is 1. The summed E-state index contributed by atoms with van der Waals surface area (Å²) in [7, 11) is 2.01. The molecule has 1 N–H and O–H groups in total. The number of rotatable bonds is 6. The van der Waals surface area contributed by atoms with Gasteiger partial charge in [-0.3, -0.25) is 4.79 Å². The van der Waals surface area contributed by atoms with E-state index in [1.54, 1.807) is 6.92 Å². The topological polar surface area (TPSA) is 60.3 Å². The first kappa shape index (κ1) is 21.0. The molecule has 0 saturated heterocycles. The summed E-state index contributed by atoms with van der Waals surface area (Å²) < 4.78 is 7.37. The molecule has 0 bridgehead atoms. The summed E-state index contributed by atoms with van der Waals surface area (Å²) in [5.74, 6) is -0.432. The van der Waals surface area contributed by atoms with E-state index in [0.717, 1.165) is 47.0 Å². The molecule has 0 saturated carbocycles. The van der Waals surface area contributed by atoms with Crippen LogP contribution in [0, 0.1) is 0 Å². The van der Waals surface area contributed by atoms with Gasteiger partial charge in [0.2, 0.25) is 5.91 Å². The SMILES string of the molecule is CCOC(=O)c1c(NC(=O)[C@@H](C)Sc2cn(C)c3ccccc23)sc2c1CCCC2. The molecule has 1 amide bonds. The van der Waals surface area contributed by atoms with Crippen molar-refractivity contribution < 1.29 is 14.3 Å². The van der Waals surface area contributed by atoms with E-state index < -0.39 is 0 Å². The van der Waals surface area contributed by atoms with Gasteiger partial charge in [-0.25, -0.2) is 4.79 Å². The third-order valence-corrected chi connectivity index (χ3v) is 7.78. The molecule has 4 rings (SSSR count). The van der Waals surface area contributed by atoms with Crippen molar-refractivity contribution in [1.82, 2.24) is 4.57 Å². The quantitative estimate of drug-likeness (QED) is 0.409. The Bertz CT molecular complexity index is 1100. The number of thioether (sulfide) groups is 1. The van der Waals surface area contributed by atoms with Gasteiger partial charge in [-0.15, -0.1) is 23.1 Å². The molecule has 30 heavy (non-hydrogen) atoms. The molecule has 2 aromatic heterocycles. The van der Waals surface area contributed by atoms with Crippen molar-refractivity contribution in [2.75, 3.05) is 11.9 Å². The van der Waals surface area contributed by atoms with Crippen LogP contribution in [-0.2, 0) is 29.4 Å². The van der Waals surface area contributed by atoms with Crippen LogP contribution in [-0.4, -0.2) is 28.3 Å². The second-order valence-corrected chi connectivity index (χ2v) is 9.99. The van der Waals surface area contributed by atoms with Gasteiger partial charge in [-0.1, -0.05) is 18.2 Å². The average Bonchev–Trinajstić information content (AvgIpc) is 3.25. The number of benzene rings is 1. The van der Waals surface area contributed by atoms with Crippen molar-refractivity contribution in [3.63, 3.8) is 0 Å². The number of amides is 1. The molecule has 0 unspecified atom stereocenters. The van der Waals surface area contributed by atoms with Crippen molar-refractivity contribution in [3.05, 3.63) is 46.5 Å². The predicted octanol–water partition coefficient (Wildman–Crippen LogP) is 5.41. The highest BCUT2D eigenvalue weighted by atomic mass is 32.2. The molecule has 158 valence electrons. The van der Waals surface area contributed by atoms with Crippen molar-refractivity contribution >= 4 is 50.9 Å². The normalized spacial score (nSPS) is 14.4. The zero-order valence-corrected chi connectivity index (χ0v) is 19.1. The molecule has 5 nitrogen and oxygen atoms in total. The summed E-state index contributed by atoms with van der Waals surface area (Å²) >= 11 is 3.06. The molecule has 0 radical (unpaired) electrons. The van der Waals surface area contributed by atoms with E-state index in [1.165, 1.54) is 28.0 Å². The number of aromatic nitrogens is 1. The van der Waals surface area contributed by atoms with Gasteiger partial charge in [-0.2, -0.15) is 0 Å². The van der Waals surface area contributed by atoms with Crippen LogP contribution < -0.4 is 5.32 Å². The summed E-state index contributed by atoms with van der Waals surface area (Å²) in [5, 5.41) is 4.51. The van der Waals surface area contributed by atoms with Crippen molar-refractivity contribution in [1.29, 1.82) is 0 Å². The minimum absolute atomic E-state index is 0.0999. The van der Waals surface area contributed by atoms with Crippen molar-refractivity contribution in [2.45, 2.75) is 49.7 Å². The fourth-order valence-corrected chi connectivity index (χ4v) is 6.27. The summed E-state index contributed by atoms with van der Waals surface area (Å²) in [4.78, 5) is 27.9. The number of hydrogen-bond acceptors (Lipinski definition) is 5. The molecule has 0 spiro atoms. The fraction of sp³-hybridized carbons (Fsp3) is 0.391. The van der Waals surface area contributed by atoms with Crippen LogP contribution in [0.1, 0.15) is 47.5 Å². The zero-order valence-electron chi connectivity index (χ0n) is 17.5. The van der Waals surface area contributed by atoms with Gasteiger partial charge in [0.25, 0.3) is 0 Å². The lowest BCUT2D eigenvalue weighted by atomic mass is 9.95. The van der Waals surface area contributed by atoms with Crippen LogP contribution in [0.15, 0.2) is 35.4 Å². The lowest BCUT2D eigenvalue weighted by Crippen LogP contribution is -2.23. The summed E-state index contributed by atoms with van der Waals surface area (Å²) in [6, 6.07) is 8.18. The number of carbonyl (C=O) groups is 2. The van der Waals surface area contributed by atoms with Crippen LogP contribution in [0.4, 0.5) is 5.00 Å². The zero-order chi connectivity index (χ0) is 21.3. The summed E-state index contributed by atoms with van der Waals surface area (Å²) in [6.07, 6.45) is 6.08. The standard InChI is InChI=1S/C23H26N2O3S2/c1-4-28-23(27)20-16-10-6-8-12-18(16)30-22(20)24-21(26)14(2)29-19-13-25(3)17-11-7-5-9-15(17)19/h5,7,9,11,13-14H,4,6,8,10,12H2,1-3H3,(H,24,26)/t14-/m1/s1. The first-order chi connectivity index (χ1) is 14.5. The Labute approximate surface area is 184 Å². The number of carbonyl (C=O) groups excluding carboxylic acids is 2. The van der Waals surface area contributed by atoms with Crippen molar-refractivity contribution in [3.8, 4) is 0 Å². The Morgan fingerprint density at radius 2 is 2.03 bits per heavy atom. The minimum atomic E-state index is -0.332. The van der Waals surface area contributed by atoms with Gasteiger partial charge < -0.3 is 14.6 Å². The monoisotopic (exact) mass is 442 g/mol. The molecule has 1 aliphatic carbocycles. The van der Waals surface area contributed by atoms with Gasteiger partial charge in [0.1, 0.15) is 5.00 Å². The molecule has 7 heteroatoms. The maximum Gasteiger partial charge on any atom is 0.341 e. The Morgan fingerprint density at radius 3 is 2.83 bits per heavy atom. The van der Waals surface area contributed by atoms with E-state index in [9.17, 15) is 9.59 Å². The first-order valence-electron chi connectivity index (χ1n) is 10.3. The summed E-state index contributed by atoms with van der Waals surface area (Å²) in [6.45, 7) is 4.03. The van der Waals surface area contributed by atoms with Crippen LogP contribution in [0.25, 0.3) is 10.9 Å². The van der Waals surface area contributed by atoms with E-state index in [1.807, 2.05) is 26.1 Å². The number of aryl methyl sites for hydroxylation is 2. The number of ether oxygens (including phenoxy) is 1. The number of esters is 1. The molecule has 0 aliphatic heterocycles. The van der Waals surface area contributed by atoms with Crippen molar-refractivity contribution in [2.24, 2.45) is 7.05 Å². The largest absolute Gasteiger partial charge is 0.462 e. The van der Waals surface area contributed by atoms with Gasteiger partial charge in [0, 0.05) is 33.9 Å². The number of thiophene rings is 1. The van der Waals surface area contributed by atoms with E-state index >= 15 is 0 Å². The van der Waals surface area contributed by atoms with Crippen LogP contribution in [0.5, 0.6) is 0 Å².